The molecule has 3 rings (SSSR count). The highest BCUT2D eigenvalue weighted by atomic mass is 127. The zero-order valence-corrected chi connectivity index (χ0v) is 21.3. The van der Waals surface area contributed by atoms with Gasteiger partial charge in [-0.1, -0.05) is 37.5 Å². The highest BCUT2D eigenvalue weighted by Gasteiger charge is 2.29. The Morgan fingerprint density at radius 3 is 2.43 bits per heavy atom. The summed E-state index contributed by atoms with van der Waals surface area (Å²) in [6, 6.07) is 7.71. The summed E-state index contributed by atoms with van der Waals surface area (Å²) >= 11 is 0. The summed E-state index contributed by atoms with van der Waals surface area (Å²) in [4.78, 5) is 7.24. The highest BCUT2D eigenvalue weighted by molar-refractivity contribution is 14.0. The number of rotatable bonds is 6. The van der Waals surface area contributed by atoms with Crippen LogP contribution in [0, 0.1) is 0 Å². The van der Waals surface area contributed by atoms with Gasteiger partial charge in [-0.25, -0.2) is 13.4 Å². The number of nitrogens with zero attached hydrogens (tertiary/aromatic N) is 3. The van der Waals surface area contributed by atoms with Gasteiger partial charge in [0.1, 0.15) is 0 Å². The second kappa shape index (κ2) is 12.2. The van der Waals surface area contributed by atoms with Gasteiger partial charge in [-0.15, -0.1) is 24.0 Å². The Bertz CT molecular complexity index is 788. The number of piperazine rings is 1. The van der Waals surface area contributed by atoms with Crippen LogP contribution in [0.1, 0.15) is 44.6 Å². The molecule has 0 unspecified atom stereocenters. The Hall–Kier alpha value is -0.910. The summed E-state index contributed by atoms with van der Waals surface area (Å²) in [5, 5.41) is 6.83. The van der Waals surface area contributed by atoms with Crippen LogP contribution in [-0.4, -0.2) is 69.4 Å². The van der Waals surface area contributed by atoms with E-state index >= 15 is 0 Å². The number of hydrogen-bond acceptors (Lipinski definition) is 4. The monoisotopic (exact) mass is 549 g/mol. The van der Waals surface area contributed by atoms with Crippen LogP contribution < -0.4 is 10.6 Å². The zero-order valence-electron chi connectivity index (χ0n) is 18.1. The summed E-state index contributed by atoms with van der Waals surface area (Å²) in [5.41, 5.74) is 0.743. The predicted octanol–water partition coefficient (Wildman–Crippen LogP) is 2.63. The van der Waals surface area contributed by atoms with Gasteiger partial charge in [0, 0.05) is 38.8 Å². The van der Waals surface area contributed by atoms with Gasteiger partial charge >= 0.3 is 0 Å². The molecule has 0 bridgehead atoms. The predicted molar refractivity (Wildman–Crippen MR) is 133 cm³/mol. The van der Waals surface area contributed by atoms with Gasteiger partial charge in [0.05, 0.1) is 11.4 Å². The van der Waals surface area contributed by atoms with E-state index < -0.39 is 10.0 Å². The summed E-state index contributed by atoms with van der Waals surface area (Å²) < 4.78 is 28.1. The summed E-state index contributed by atoms with van der Waals surface area (Å²) in [7, 11) is -1.48. The lowest BCUT2D eigenvalue weighted by Gasteiger charge is -2.32. The van der Waals surface area contributed by atoms with Gasteiger partial charge in [-0.05, 0) is 38.4 Å². The molecule has 30 heavy (non-hydrogen) atoms. The van der Waals surface area contributed by atoms with Crippen LogP contribution in [-0.2, 0) is 16.6 Å². The zero-order chi connectivity index (χ0) is 20.7. The smallest absolute Gasteiger partial charge is 0.243 e. The Balaban J connectivity index is 0.00000320. The number of guanidine groups is 1. The molecular weight excluding hydrogens is 513 g/mol. The van der Waals surface area contributed by atoms with Crippen molar-refractivity contribution in [2.24, 2.45) is 4.99 Å². The van der Waals surface area contributed by atoms with Crippen LogP contribution in [0.25, 0.3) is 0 Å². The standard InChI is InChI=1S/C21H35N5O2S.HI/c1-3-22-21(24-19-10-5-4-6-11-19)23-17-18-9-7-8-12-20(18)29(27,28)26-15-13-25(2)14-16-26;/h7-9,12,19H,3-6,10-11,13-17H2,1-2H3,(H2,22,23,24);1H. The molecule has 1 saturated carbocycles. The molecule has 1 aromatic rings. The first-order valence-electron chi connectivity index (χ1n) is 10.8. The number of nitrogens with one attached hydrogen (secondary N) is 2. The number of halogens is 1. The lowest BCUT2D eigenvalue weighted by Crippen LogP contribution is -2.47. The van der Waals surface area contributed by atoms with Crippen LogP contribution in [0.4, 0.5) is 0 Å². The Morgan fingerprint density at radius 1 is 1.10 bits per heavy atom. The van der Waals surface area contributed by atoms with Crippen molar-refractivity contribution in [2.45, 2.75) is 56.5 Å². The first kappa shape index (κ1) is 25.4. The number of likely N-dealkylation sites (N-methyl/N-ethyl adjacent to an activating group) is 1. The maximum Gasteiger partial charge on any atom is 0.243 e. The molecule has 0 aromatic heterocycles. The maximum absolute atomic E-state index is 13.2. The second-order valence-electron chi connectivity index (χ2n) is 7.99. The second-order valence-corrected chi connectivity index (χ2v) is 9.90. The normalized spacial score (nSPS) is 19.9. The van der Waals surface area contributed by atoms with Crippen LogP contribution in [0.2, 0.25) is 0 Å². The molecule has 0 amide bonds. The van der Waals surface area contributed by atoms with E-state index in [1.165, 1.54) is 32.1 Å². The Labute approximate surface area is 198 Å². The SMILES string of the molecule is CCNC(=NCc1ccccc1S(=O)(=O)N1CCN(C)CC1)NC1CCCCC1.I. The number of aliphatic imine (C=N–C) groups is 1. The Morgan fingerprint density at radius 2 is 1.77 bits per heavy atom. The number of sulfonamides is 1. The fourth-order valence-corrected chi connectivity index (χ4v) is 5.61. The number of benzene rings is 1. The molecule has 1 aliphatic carbocycles. The van der Waals surface area contributed by atoms with E-state index in [2.05, 4.69) is 15.5 Å². The summed E-state index contributed by atoms with van der Waals surface area (Å²) in [6.45, 7) is 5.74. The maximum atomic E-state index is 13.2. The van der Waals surface area contributed by atoms with E-state index in [-0.39, 0.29) is 24.0 Å². The molecule has 1 aromatic carbocycles. The first-order valence-corrected chi connectivity index (χ1v) is 12.3. The molecular formula is C21H36IN5O2S. The number of hydrogen-bond donors (Lipinski definition) is 2. The van der Waals surface area contributed by atoms with E-state index in [0.717, 1.165) is 31.2 Å². The van der Waals surface area contributed by atoms with Crippen molar-refractivity contribution in [3.05, 3.63) is 29.8 Å². The molecule has 1 saturated heterocycles. The molecule has 1 aliphatic heterocycles. The van der Waals surface area contributed by atoms with Crippen LogP contribution >= 0.6 is 24.0 Å². The lowest BCUT2D eigenvalue weighted by molar-refractivity contribution is 0.222. The van der Waals surface area contributed by atoms with Gasteiger partial charge in [0.25, 0.3) is 0 Å². The molecule has 170 valence electrons. The van der Waals surface area contributed by atoms with Crippen LogP contribution in [0.15, 0.2) is 34.2 Å². The van der Waals surface area contributed by atoms with Crippen LogP contribution in [0.3, 0.4) is 0 Å². The molecule has 1 heterocycles. The minimum absolute atomic E-state index is 0. The molecule has 2 fully saturated rings. The van der Waals surface area contributed by atoms with Gasteiger partial charge in [-0.3, -0.25) is 0 Å². The quantitative estimate of drug-likeness (QED) is 0.324. The largest absolute Gasteiger partial charge is 0.357 e. The molecule has 2 aliphatic rings. The average Bonchev–Trinajstić information content (AvgIpc) is 2.73. The van der Waals surface area contributed by atoms with Gasteiger partial charge in [0.2, 0.25) is 10.0 Å². The minimum Gasteiger partial charge on any atom is -0.357 e. The molecule has 2 N–H and O–H groups in total. The molecule has 9 heteroatoms. The lowest BCUT2D eigenvalue weighted by atomic mass is 9.96. The van der Waals surface area contributed by atoms with Gasteiger partial charge in [-0.2, -0.15) is 4.31 Å². The first-order chi connectivity index (χ1) is 14.0. The fourth-order valence-electron chi connectivity index (χ4n) is 3.98. The van der Waals surface area contributed by atoms with Crippen LogP contribution in [0.5, 0.6) is 0 Å². The van der Waals surface area contributed by atoms with Crippen molar-refractivity contribution < 1.29 is 8.42 Å². The fraction of sp³-hybridized carbons (Fsp3) is 0.667. The van der Waals surface area contributed by atoms with Crippen molar-refractivity contribution in [1.29, 1.82) is 0 Å². The summed E-state index contributed by atoms with van der Waals surface area (Å²) in [6.07, 6.45) is 6.15. The van der Waals surface area contributed by atoms with Crippen molar-refractivity contribution >= 4 is 40.0 Å². The van der Waals surface area contributed by atoms with Crippen molar-refractivity contribution in [3.63, 3.8) is 0 Å². The third-order valence-electron chi connectivity index (χ3n) is 5.75. The van der Waals surface area contributed by atoms with E-state index in [1.54, 1.807) is 16.4 Å². The van der Waals surface area contributed by atoms with E-state index in [9.17, 15) is 8.42 Å². The van der Waals surface area contributed by atoms with Gasteiger partial charge < -0.3 is 15.5 Å². The van der Waals surface area contributed by atoms with E-state index in [1.807, 2.05) is 26.1 Å². The molecule has 0 spiro atoms. The molecule has 0 radical (unpaired) electrons. The molecule has 7 nitrogen and oxygen atoms in total. The topological polar surface area (TPSA) is 77.0 Å². The third kappa shape index (κ3) is 6.80. The van der Waals surface area contributed by atoms with Gasteiger partial charge in [0.15, 0.2) is 5.96 Å². The average molecular weight is 550 g/mol. The highest BCUT2D eigenvalue weighted by Crippen LogP contribution is 2.22. The minimum atomic E-state index is -3.51. The third-order valence-corrected chi connectivity index (χ3v) is 7.75. The van der Waals surface area contributed by atoms with Crippen molar-refractivity contribution in [3.8, 4) is 0 Å². The summed E-state index contributed by atoms with van der Waals surface area (Å²) in [5.74, 6) is 0.770. The van der Waals surface area contributed by atoms with Crippen molar-refractivity contribution in [1.82, 2.24) is 19.8 Å². The van der Waals surface area contributed by atoms with Crippen molar-refractivity contribution in [2.75, 3.05) is 39.8 Å². The Kier molecular flexibility index (Phi) is 10.3. The molecule has 0 atom stereocenters. The van der Waals surface area contributed by atoms with E-state index in [0.29, 0.717) is 30.6 Å². The van der Waals surface area contributed by atoms with E-state index in [4.69, 9.17) is 4.99 Å².